The van der Waals surface area contributed by atoms with Gasteiger partial charge in [0.05, 0.1) is 0 Å². The number of hydrogen-bond donors (Lipinski definition) is 1. The number of hydrogen-bond acceptors (Lipinski definition) is 2. The van der Waals surface area contributed by atoms with Gasteiger partial charge in [-0.3, -0.25) is 4.90 Å². The van der Waals surface area contributed by atoms with E-state index in [0.717, 1.165) is 38.5 Å². The number of rotatable bonds is 5. The van der Waals surface area contributed by atoms with Gasteiger partial charge in [-0.1, -0.05) is 6.92 Å². The first-order chi connectivity index (χ1) is 9.54. The molecule has 1 heterocycles. The molecule has 0 bridgehead atoms. The molecule has 0 amide bonds. The van der Waals surface area contributed by atoms with Crippen LogP contribution in [-0.4, -0.2) is 31.6 Å². The maximum atomic E-state index is 14.0. The van der Waals surface area contributed by atoms with Gasteiger partial charge < -0.3 is 5.32 Å². The summed E-state index contributed by atoms with van der Waals surface area (Å²) >= 11 is 0. The normalized spacial score (nSPS) is 23.4. The van der Waals surface area contributed by atoms with E-state index in [2.05, 4.69) is 12.2 Å². The van der Waals surface area contributed by atoms with Crippen molar-refractivity contribution in [2.45, 2.75) is 25.8 Å². The second kappa shape index (κ2) is 6.59. The highest BCUT2D eigenvalue weighted by Crippen LogP contribution is 2.37. The van der Waals surface area contributed by atoms with Crippen LogP contribution in [0, 0.1) is 23.4 Å². The predicted molar refractivity (Wildman–Crippen MR) is 73.0 cm³/mol. The Morgan fingerprint density at radius 2 is 1.90 bits per heavy atom. The molecule has 2 unspecified atom stereocenters. The average Bonchev–Trinajstić information content (AvgIpc) is 2.76. The van der Waals surface area contributed by atoms with E-state index in [1.807, 2.05) is 11.9 Å². The van der Waals surface area contributed by atoms with Gasteiger partial charge in [0.15, 0.2) is 11.6 Å². The fourth-order valence-corrected chi connectivity index (χ4v) is 2.96. The van der Waals surface area contributed by atoms with E-state index < -0.39 is 17.5 Å². The van der Waals surface area contributed by atoms with Gasteiger partial charge in [-0.15, -0.1) is 0 Å². The third-order valence-electron chi connectivity index (χ3n) is 3.97. The van der Waals surface area contributed by atoms with Crippen LogP contribution >= 0.6 is 0 Å². The van der Waals surface area contributed by atoms with E-state index in [0.29, 0.717) is 6.07 Å². The zero-order valence-corrected chi connectivity index (χ0v) is 11.9. The molecule has 1 aliphatic heterocycles. The molecule has 0 radical (unpaired) electrons. The van der Waals surface area contributed by atoms with Crippen LogP contribution in [0.4, 0.5) is 13.2 Å². The molecule has 1 fully saturated rings. The molecule has 0 aliphatic carbocycles. The Hall–Kier alpha value is -1.07. The molecule has 0 saturated carbocycles. The van der Waals surface area contributed by atoms with Gasteiger partial charge in [0, 0.05) is 17.7 Å². The van der Waals surface area contributed by atoms with Crippen LogP contribution in [-0.2, 0) is 0 Å². The van der Waals surface area contributed by atoms with E-state index in [1.165, 1.54) is 0 Å². The van der Waals surface area contributed by atoms with Gasteiger partial charge in [0.2, 0.25) is 0 Å². The van der Waals surface area contributed by atoms with E-state index in [4.69, 9.17) is 0 Å². The molecule has 1 aromatic rings. The number of halogens is 3. The summed E-state index contributed by atoms with van der Waals surface area (Å²) in [5, 5.41) is 3.33. The van der Waals surface area contributed by atoms with Crippen molar-refractivity contribution in [3.05, 3.63) is 35.1 Å². The topological polar surface area (TPSA) is 15.3 Å². The number of likely N-dealkylation sites (tertiary alicyclic amines) is 1. The third-order valence-corrected chi connectivity index (χ3v) is 3.97. The summed E-state index contributed by atoms with van der Waals surface area (Å²) in [6.07, 6.45) is 1.96. The molecule has 5 heteroatoms. The Labute approximate surface area is 118 Å². The molecule has 0 aromatic heterocycles. The van der Waals surface area contributed by atoms with Crippen LogP contribution in [0.25, 0.3) is 0 Å². The summed E-state index contributed by atoms with van der Waals surface area (Å²) in [6.45, 7) is 4.59. The van der Waals surface area contributed by atoms with Gasteiger partial charge in [-0.2, -0.15) is 0 Å². The molecule has 2 nitrogen and oxygen atoms in total. The quantitative estimate of drug-likeness (QED) is 0.661. The summed E-state index contributed by atoms with van der Waals surface area (Å²) in [5.74, 6) is -2.57. The lowest BCUT2D eigenvalue weighted by molar-refractivity contribution is 0.264. The van der Waals surface area contributed by atoms with Crippen LogP contribution in [0.3, 0.4) is 0 Å². The molecule has 1 saturated heterocycles. The molecule has 1 aromatic carbocycles. The van der Waals surface area contributed by atoms with Crippen molar-refractivity contribution in [2.24, 2.45) is 5.92 Å². The minimum Gasteiger partial charge on any atom is -0.316 e. The molecular weight excluding hydrogens is 265 g/mol. The standard InChI is InChI=1S/C15H21F3N2/c1-3-5-19-9-10-4-6-20(2)15(10)11-7-13(17)14(18)8-12(11)16/h7-8,10,15,19H,3-6,9H2,1-2H3. The van der Waals surface area contributed by atoms with E-state index in [-0.39, 0.29) is 17.5 Å². The van der Waals surface area contributed by atoms with Crippen LogP contribution in [0.2, 0.25) is 0 Å². The van der Waals surface area contributed by atoms with Gasteiger partial charge >= 0.3 is 0 Å². The lowest BCUT2D eigenvalue weighted by atomic mass is 9.93. The largest absolute Gasteiger partial charge is 0.316 e. The third kappa shape index (κ3) is 3.15. The molecule has 0 spiro atoms. The first kappa shape index (κ1) is 15.3. The number of nitrogens with one attached hydrogen (secondary N) is 1. The maximum Gasteiger partial charge on any atom is 0.161 e. The van der Waals surface area contributed by atoms with Gasteiger partial charge in [-0.25, -0.2) is 13.2 Å². The summed E-state index contributed by atoms with van der Waals surface area (Å²) < 4.78 is 40.4. The molecule has 2 rings (SSSR count). The average molecular weight is 286 g/mol. The Balaban J connectivity index is 2.21. The number of benzene rings is 1. The Morgan fingerprint density at radius 3 is 2.60 bits per heavy atom. The second-order valence-electron chi connectivity index (χ2n) is 5.47. The first-order valence-electron chi connectivity index (χ1n) is 7.10. The molecule has 2 atom stereocenters. The van der Waals surface area contributed by atoms with Crippen molar-refractivity contribution >= 4 is 0 Å². The Bertz CT molecular complexity index is 465. The zero-order valence-electron chi connectivity index (χ0n) is 11.9. The minimum atomic E-state index is -1.13. The molecule has 112 valence electrons. The van der Waals surface area contributed by atoms with Gasteiger partial charge in [-0.05, 0) is 51.5 Å². The smallest absolute Gasteiger partial charge is 0.161 e. The molecule has 20 heavy (non-hydrogen) atoms. The van der Waals surface area contributed by atoms with Crippen molar-refractivity contribution in [1.82, 2.24) is 10.2 Å². The van der Waals surface area contributed by atoms with Crippen LogP contribution < -0.4 is 5.32 Å². The number of nitrogens with zero attached hydrogens (tertiary/aromatic N) is 1. The van der Waals surface area contributed by atoms with Crippen LogP contribution in [0.15, 0.2) is 12.1 Å². The van der Waals surface area contributed by atoms with E-state index in [1.54, 1.807) is 0 Å². The highest BCUT2D eigenvalue weighted by molar-refractivity contribution is 5.25. The van der Waals surface area contributed by atoms with E-state index >= 15 is 0 Å². The highest BCUT2D eigenvalue weighted by atomic mass is 19.2. The fraction of sp³-hybridized carbons (Fsp3) is 0.600. The monoisotopic (exact) mass is 286 g/mol. The predicted octanol–water partition coefficient (Wildman–Crippen LogP) is 3.10. The molecular formula is C15H21F3N2. The SMILES string of the molecule is CCCNCC1CCN(C)C1c1cc(F)c(F)cc1F. The van der Waals surface area contributed by atoms with Crippen molar-refractivity contribution in [3.8, 4) is 0 Å². The van der Waals surface area contributed by atoms with Crippen molar-refractivity contribution in [1.29, 1.82) is 0 Å². The van der Waals surface area contributed by atoms with Crippen molar-refractivity contribution in [2.75, 3.05) is 26.7 Å². The highest BCUT2D eigenvalue weighted by Gasteiger charge is 2.34. The summed E-state index contributed by atoms with van der Waals surface area (Å²) in [6, 6.07) is 1.45. The first-order valence-corrected chi connectivity index (χ1v) is 7.10. The van der Waals surface area contributed by atoms with Gasteiger partial charge in [0.1, 0.15) is 5.82 Å². The zero-order chi connectivity index (χ0) is 14.7. The van der Waals surface area contributed by atoms with Crippen molar-refractivity contribution in [3.63, 3.8) is 0 Å². The summed E-state index contributed by atoms with van der Waals surface area (Å²) in [7, 11) is 1.89. The van der Waals surface area contributed by atoms with Crippen molar-refractivity contribution < 1.29 is 13.2 Å². The van der Waals surface area contributed by atoms with E-state index in [9.17, 15) is 13.2 Å². The molecule has 1 aliphatic rings. The second-order valence-corrected chi connectivity index (χ2v) is 5.47. The lowest BCUT2D eigenvalue weighted by Gasteiger charge is -2.26. The van der Waals surface area contributed by atoms with Gasteiger partial charge in [0.25, 0.3) is 0 Å². The fourth-order valence-electron chi connectivity index (χ4n) is 2.96. The Kier molecular flexibility index (Phi) is 5.05. The lowest BCUT2D eigenvalue weighted by Crippen LogP contribution is -2.29. The van der Waals surface area contributed by atoms with Crippen LogP contribution in [0.1, 0.15) is 31.4 Å². The summed E-state index contributed by atoms with van der Waals surface area (Å²) in [5.41, 5.74) is 0.257. The Morgan fingerprint density at radius 1 is 1.20 bits per heavy atom. The summed E-state index contributed by atoms with van der Waals surface area (Å²) in [4.78, 5) is 2.01. The minimum absolute atomic E-state index is 0.200. The van der Waals surface area contributed by atoms with Crippen LogP contribution in [0.5, 0.6) is 0 Å². The maximum absolute atomic E-state index is 14.0. The molecule has 1 N–H and O–H groups in total.